The summed E-state index contributed by atoms with van der Waals surface area (Å²) in [5.41, 5.74) is 0. The van der Waals surface area contributed by atoms with Crippen molar-refractivity contribution in [2.75, 3.05) is 26.2 Å². The van der Waals surface area contributed by atoms with E-state index in [0.717, 1.165) is 13.1 Å². The maximum absolute atomic E-state index is 4.11. The number of hydrogen-bond donors (Lipinski definition) is 0. The van der Waals surface area contributed by atoms with E-state index in [-0.39, 0.29) is 17.0 Å². The number of rotatable bonds is 34. The van der Waals surface area contributed by atoms with Gasteiger partial charge in [-0.15, -0.1) is 0 Å². The molecule has 0 N–H and O–H groups in total. The molecular weight excluding hydrogens is 550 g/mol. The molecule has 0 heterocycles. The molecule has 240 valence electrons. The van der Waals surface area contributed by atoms with Gasteiger partial charge < -0.3 is 21.5 Å². The minimum Gasteiger partial charge on any atom is -1.00 e. The standard InChI is InChI=1S/C38H76N.BrH/c1-5-9-11-13-15-17-19-21-23-25-27-29-31-33-37-39(35-7-3,36-8-4)38-34-32-30-28-26-24-22-20-18-16-14-12-10-6-2;/h7-8H,3-6,9-38H2,1-2H3;1H/q+1;/p-1. The monoisotopic (exact) mass is 626 g/mol. The molecule has 0 saturated carbocycles. The summed E-state index contributed by atoms with van der Waals surface area (Å²) < 4.78 is 1.20. The van der Waals surface area contributed by atoms with Crippen molar-refractivity contribution in [3.63, 3.8) is 0 Å². The summed E-state index contributed by atoms with van der Waals surface area (Å²) in [7, 11) is 0. The average Bonchev–Trinajstić information content (AvgIpc) is 2.93. The fourth-order valence-corrected chi connectivity index (χ4v) is 6.38. The van der Waals surface area contributed by atoms with E-state index in [2.05, 4.69) is 39.2 Å². The van der Waals surface area contributed by atoms with Crippen LogP contribution in [-0.2, 0) is 0 Å². The van der Waals surface area contributed by atoms with Crippen molar-refractivity contribution in [1.82, 2.24) is 0 Å². The summed E-state index contributed by atoms with van der Waals surface area (Å²) >= 11 is 0. The fraction of sp³-hybridized carbons (Fsp3) is 0.895. The van der Waals surface area contributed by atoms with Gasteiger partial charge in [-0.25, -0.2) is 0 Å². The number of halogens is 1. The Morgan fingerprint density at radius 3 is 0.750 bits per heavy atom. The largest absolute Gasteiger partial charge is 1.00 e. The van der Waals surface area contributed by atoms with E-state index in [1.54, 1.807) is 0 Å². The second kappa shape index (κ2) is 35.1. The smallest absolute Gasteiger partial charge is 0.0973 e. The summed E-state index contributed by atoms with van der Waals surface area (Å²) in [4.78, 5) is 0. The van der Waals surface area contributed by atoms with Crippen LogP contribution in [0, 0.1) is 0 Å². The first-order chi connectivity index (χ1) is 19.2. The summed E-state index contributed by atoms with van der Waals surface area (Å²) in [6.07, 6.45) is 44.6. The fourth-order valence-electron chi connectivity index (χ4n) is 6.38. The number of quaternary nitrogens is 1. The molecule has 0 aliphatic heterocycles. The van der Waals surface area contributed by atoms with Crippen LogP contribution < -0.4 is 17.0 Å². The van der Waals surface area contributed by atoms with Crippen molar-refractivity contribution in [2.45, 2.75) is 194 Å². The first-order valence-electron chi connectivity index (χ1n) is 18.3. The first-order valence-corrected chi connectivity index (χ1v) is 18.3. The average molecular weight is 627 g/mol. The maximum atomic E-state index is 4.11. The van der Waals surface area contributed by atoms with Gasteiger partial charge in [-0.3, -0.25) is 0 Å². The van der Waals surface area contributed by atoms with Crippen molar-refractivity contribution < 1.29 is 21.5 Å². The van der Waals surface area contributed by atoms with E-state index < -0.39 is 0 Å². The predicted molar refractivity (Wildman–Crippen MR) is 181 cm³/mol. The molecule has 0 amide bonds. The van der Waals surface area contributed by atoms with Gasteiger partial charge in [0, 0.05) is 0 Å². The first kappa shape index (κ1) is 42.1. The Kier molecular flexibility index (Phi) is 36.9. The molecule has 0 aliphatic rings. The van der Waals surface area contributed by atoms with Crippen molar-refractivity contribution in [3.05, 3.63) is 25.3 Å². The number of nitrogens with zero attached hydrogens (tertiary/aromatic N) is 1. The molecule has 0 fully saturated rings. The molecule has 0 aromatic heterocycles. The summed E-state index contributed by atoms with van der Waals surface area (Å²) in [5, 5.41) is 0. The van der Waals surface area contributed by atoms with Crippen molar-refractivity contribution >= 4 is 0 Å². The minimum atomic E-state index is 0. The third-order valence-electron chi connectivity index (χ3n) is 9.00. The van der Waals surface area contributed by atoms with Crippen molar-refractivity contribution in [3.8, 4) is 0 Å². The van der Waals surface area contributed by atoms with Gasteiger partial charge in [0.1, 0.15) is 0 Å². The highest BCUT2D eigenvalue weighted by molar-refractivity contribution is 4.72. The van der Waals surface area contributed by atoms with Crippen molar-refractivity contribution in [1.29, 1.82) is 0 Å². The third-order valence-corrected chi connectivity index (χ3v) is 9.00. The zero-order chi connectivity index (χ0) is 28.5. The minimum absolute atomic E-state index is 0. The topological polar surface area (TPSA) is 0 Å². The lowest BCUT2D eigenvalue weighted by Gasteiger charge is -2.37. The van der Waals surface area contributed by atoms with Gasteiger partial charge in [-0.2, -0.15) is 0 Å². The highest BCUT2D eigenvalue weighted by atomic mass is 79.9. The third kappa shape index (κ3) is 29.4. The molecule has 0 unspecified atom stereocenters. The van der Waals surface area contributed by atoms with Crippen LogP contribution in [0.2, 0.25) is 0 Å². The highest BCUT2D eigenvalue weighted by Crippen LogP contribution is 2.18. The molecule has 0 atom stereocenters. The normalized spacial score (nSPS) is 11.4. The van der Waals surface area contributed by atoms with Crippen molar-refractivity contribution in [2.24, 2.45) is 0 Å². The van der Waals surface area contributed by atoms with Gasteiger partial charge in [-0.05, 0) is 37.8 Å². The van der Waals surface area contributed by atoms with Crippen LogP contribution in [0.15, 0.2) is 25.3 Å². The van der Waals surface area contributed by atoms with E-state index in [1.807, 2.05) is 0 Å². The Balaban J connectivity index is 0. The van der Waals surface area contributed by atoms with E-state index in [0.29, 0.717) is 0 Å². The van der Waals surface area contributed by atoms with Crippen LogP contribution in [0.1, 0.15) is 194 Å². The van der Waals surface area contributed by atoms with Gasteiger partial charge in [0.05, 0.1) is 26.2 Å². The molecule has 0 aliphatic carbocycles. The number of unbranched alkanes of at least 4 members (excludes halogenated alkanes) is 26. The second-order valence-electron chi connectivity index (χ2n) is 12.9. The second-order valence-corrected chi connectivity index (χ2v) is 12.9. The molecule has 2 heteroatoms. The molecule has 0 aromatic rings. The zero-order valence-corrected chi connectivity index (χ0v) is 29.6. The Labute approximate surface area is 265 Å². The lowest BCUT2D eigenvalue weighted by molar-refractivity contribution is -0.917. The van der Waals surface area contributed by atoms with Crippen LogP contribution in [0.25, 0.3) is 0 Å². The lowest BCUT2D eigenvalue weighted by Crippen LogP contribution is -3.00. The SMILES string of the molecule is C=CC[N+](CC=C)(CCCCCCCCCCCCCCCC)CCCCCCCCCCCCCCCC.[Br-]. The molecular formula is C38H76BrN. The Bertz CT molecular complexity index is 444. The van der Waals surface area contributed by atoms with E-state index >= 15 is 0 Å². The maximum Gasteiger partial charge on any atom is 0.0973 e. The van der Waals surface area contributed by atoms with Gasteiger partial charge >= 0.3 is 0 Å². The van der Waals surface area contributed by atoms with Crippen LogP contribution in [0.5, 0.6) is 0 Å². The molecule has 0 bridgehead atoms. The van der Waals surface area contributed by atoms with E-state index in [4.69, 9.17) is 0 Å². The van der Waals surface area contributed by atoms with Gasteiger partial charge in [0.15, 0.2) is 0 Å². The molecule has 0 spiro atoms. The highest BCUT2D eigenvalue weighted by Gasteiger charge is 2.23. The van der Waals surface area contributed by atoms with Gasteiger partial charge in [0.2, 0.25) is 0 Å². The predicted octanol–water partition coefficient (Wildman–Crippen LogP) is 10.1. The quantitative estimate of drug-likeness (QED) is 0.0379. The zero-order valence-electron chi connectivity index (χ0n) is 28.0. The number of hydrogen-bond acceptors (Lipinski definition) is 0. The summed E-state index contributed by atoms with van der Waals surface area (Å²) in [5.74, 6) is 0. The molecule has 1 nitrogen and oxygen atoms in total. The summed E-state index contributed by atoms with van der Waals surface area (Å²) in [6.45, 7) is 17.7. The van der Waals surface area contributed by atoms with Crippen LogP contribution in [-0.4, -0.2) is 30.7 Å². The van der Waals surface area contributed by atoms with Crippen LogP contribution in [0.3, 0.4) is 0 Å². The molecule has 40 heavy (non-hydrogen) atoms. The van der Waals surface area contributed by atoms with E-state index in [9.17, 15) is 0 Å². The lowest BCUT2D eigenvalue weighted by atomic mass is 10.0. The molecule has 0 rings (SSSR count). The van der Waals surface area contributed by atoms with Gasteiger partial charge in [-0.1, -0.05) is 181 Å². The van der Waals surface area contributed by atoms with Gasteiger partial charge in [0.25, 0.3) is 0 Å². The Morgan fingerprint density at radius 1 is 0.350 bits per heavy atom. The van der Waals surface area contributed by atoms with Crippen LogP contribution in [0.4, 0.5) is 0 Å². The van der Waals surface area contributed by atoms with Crippen LogP contribution >= 0.6 is 0 Å². The molecule has 0 aromatic carbocycles. The summed E-state index contributed by atoms with van der Waals surface area (Å²) in [6, 6.07) is 0. The molecule has 0 radical (unpaired) electrons. The van der Waals surface area contributed by atoms with E-state index in [1.165, 1.54) is 197 Å². The molecule has 0 saturated heterocycles. The Morgan fingerprint density at radius 2 is 0.550 bits per heavy atom. The Hall–Kier alpha value is -0.0800.